The molecule has 0 aromatic heterocycles. The van der Waals surface area contributed by atoms with Crippen LogP contribution in [0.15, 0.2) is 48.5 Å². The number of amides is 3. The van der Waals surface area contributed by atoms with Gasteiger partial charge in [0.05, 0.1) is 17.3 Å². The highest BCUT2D eigenvalue weighted by Gasteiger charge is 2.11. The summed E-state index contributed by atoms with van der Waals surface area (Å²) < 4.78 is 5.56. The summed E-state index contributed by atoms with van der Waals surface area (Å²) in [4.78, 5) is 35.8. The Labute approximate surface area is 174 Å². The average molecular weight is 418 g/mol. The first-order chi connectivity index (χ1) is 13.8. The van der Waals surface area contributed by atoms with E-state index in [1.807, 2.05) is 13.8 Å². The van der Waals surface area contributed by atoms with E-state index in [1.165, 1.54) is 0 Å². The third-order valence-corrected chi connectivity index (χ3v) is 4.07. The van der Waals surface area contributed by atoms with Crippen LogP contribution in [0, 0.1) is 5.92 Å². The molecule has 2 aromatic carbocycles. The second-order valence-corrected chi connectivity index (χ2v) is 7.17. The SMILES string of the molecule is CC(C)COc1ccc(C(=O)NNC(=O)CCC(=O)Nc2ccccc2Cl)cc1. The molecular weight excluding hydrogens is 394 g/mol. The Morgan fingerprint density at radius 2 is 1.59 bits per heavy atom. The summed E-state index contributed by atoms with van der Waals surface area (Å²) in [5.41, 5.74) is 5.46. The standard InChI is InChI=1S/C21H24ClN3O4/c1-14(2)13-29-16-9-7-15(8-10-16)21(28)25-24-20(27)12-11-19(26)23-18-6-4-3-5-17(18)22/h3-10,14H,11-13H2,1-2H3,(H,23,26)(H,24,27)(H,25,28). The molecule has 3 amide bonds. The second-order valence-electron chi connectivity index (χ2n) is 6.76. The van der Waals surface area contributed by atoms with Gasteiger partial charge in [0.25, 0.3) is 5.91 Å². The molecule has 0 saturated carbocycles. The summed E-state index contributed by atoms with van der Waals surface area (Å²) in [6, 6.07) is 13.4. The molecule has 0 spiro atoms. The van der Waals surface area contributed by atoms with E-state index < -0.39 is 11.8 Å². The largest absolute Gasteiger partial charge is 0.493 e. The first-order valence-corrected chi connectivity index (χ1v) is 9.59. The maximum atomic E-state index is 12.1. The zero-order chi connectivity index (χ0) is 21.2. The van der Waals surface area contributed by atoms with Gasteiger partial charge in [-0.25, -0.2) is 0 Å². The van der Waals surface area contributed by atoms with Crippen LogP contribution in [0.25, 0.3) is 0 Å². The number of carbonyl (C=O) groups excluding carboxylic acids is 3. The van der Waals surface area contributed by atoms with E-state index in [4.69, 9.17) is 16.3 Å². The molecule has 0 bridgehead atoms. The number of carbonyl (C=O) groups is 3. The van der Waals surface area contributed by atoms with Crippen LogP contribution in [0.3, 0.4) is 0 Å². The van der Waals surface area contributed by atoms with E-state index in [-0.39, 0.29) is 18.7 Å². The number of anilines is 1. The Morgan fingerprint density at radius 3 is 2.24 bits per heavy atom. The first-order valence-electron chi connectivity index (χ1n) is 9.21. The molecule has 8 heteroatoms. The fraction of sp³-hybridized carbons (Fsp3) is 0.286. The average Bonchev–Trinajstić information content (AvgIpc) is 2.71. The van der Waals surface area contributed by atoms with Gasteiger partial charge in [0, 0.05) is 18.4 Å². The van der Waals surface area contributed by atoms with E-state index >= 15 is 0 Å². The third kappa shape index (κ3) is 7.83. The van der Waals surface area contributed by atoms with Crippen molar-refractivity contribution in [3.05, 3.63) is 59.1 Å². The van der Waals surface area contributed by atoms with Crippen LogP contribution >= 0.6 is 11.6 Å². The predicted molar refractivity (Wildman–Crippen MR) is 112 cm³/mol. The van der Waals surface area contributed by atoms with Crippen molar-refractivity contribution in [3.8, 4) is 5.75 Å². The van der Waals surface area contributed by atoms with Gasteiger partial charge in [-0.1, -0.05) is 37.6 Å². The molecule has 0 aliphatic rings. The molecule has 0 aliphatic carbocycles. The molecule has 0 fully saturated rings. The Bertz CT molecular complexity index is 853. The number of hydrogen-bond acceptors (Lipinski definition) is 4. The fourth-order valence-corrected chi connectivity index (χ4v) is 2.41. The van der Waals surface area contributed by atoms with E-state index in [0.29, 0.717) is 34.5 Å². The van der Waals surface area contributed by atoms with Crippen LogP contribution in [0.2, 0.25) is 5.02 Å². The van der Waals surface area contributed by atoms with Crippen LogP contribution < -0.4 is 20.9 Å². The van der Waals surface area contributed by atoms with Crippen molar-refractivity contribution < 1.29 is 19.1 Å². The van der Waals surface area contributed by atoms with Gasteiger partial charge in [-0.15, -0.1) is 0 Å². The van der Waals surface area contributed by atoms with Crippen molar-refractivity contribution in [2.75, 3.05) is 11.9 Å². The minimum atomic E-state index is -0.482. The Balaban J connectivity index is 1.72. The van der Waals surface area contributed by atoms with Crippen LogP contribution in [0.4, 0.5) is 5.69 Å². The van der Waals surface area contributed by atoms with E-state index in [1.54, 1.807) is 48.5 Å². The number of benzene rings is 2. The number of nitrogens with one attached hydrogen (secondary N) is 3. The molecule has 3 N–H and O–H groups in total. The number of rotatable bonds is 8. The lowest BCUT2D eigenvalue weighted by Crippen LogP contribution is -2.41. The van der Waals surface area contributed by atoms with Crippen molar-refractivity contribution in [2.45, 2.75) is 26.7 Å². The van der Waals surface area contributed by atoms with Crippen LogP contribution in [-0.2, 0) is 9.59 Å². The third-order valence-electron chi connectivity index (χ3n) is 3.74. The maximum absolute atomic E-state index is 12.1. The van der Waals surface area contributed by atoms with Gasteiger partial charge in [-0.05, 0) is 42.3 Å². The summed E-state index contributed by atoms with van der Waals surface area (Å²) in [5.74, 6) is -0.223. The summed E-state index contributed by atoms with van der Waals surface area (Å²) in [6.07, 6.45) is -0.132. The molecule has 29 heavy (non-hydrogen) atoms. The van der Waals surface area contributed by atoms with Crippen molar-refractivity contribution in [1.82, 2.24) is 10.9 Å². The molecule has 0 heterocycles. The highest BCUT2D eigenvalue weighted by Crippen LogP contribution is 2.20. The quantitative estimate of drug-likeness (QED) is 0.572. The monoisotopic (exact) mass is 417 g/mol. The molecular formula is C21H24ClN3O4. The topological polar surface area (TPSA) is 96.5 Å². The molecule has 0 saturated heterocycles. The maximum Gasteiger partial charge on any atom is 0.269 e. The predicted octanol–water partition coefficient (Wildman–Crippen LogP) is 3.55. The Morgan fingerprint density at radius 1 is 0.931 bits per heavy atom. The summed E-state index contributed by atoms with van der Waals surface area (Å²) >= 11 is 5.97. The smallest absolute Gasteiger partial charge is 0.269 e. The minimum absolute atomic E-state index is 0.0468. The molecule has 7 nitrogen and oxygen atoms in total. The highest BCUT2D eigenvalue weighted by molar-refractivity contribution is 6.33. The van der Waals surface area contributed by atoms with Crippen molar-refractivity contribution in [3.63, 3.8) is 0 Å². The fourth-order valence-electron chi connectivity index (χ4n) is 2.23. The molecule has 0 radical (unpaired) electrons. The number of halogens is 1. The number of hydrogen-bond donors (Lipinski definition) is 3. The summed E-state index contributed by atoms with van der Waals surface area (Å²) in [7, 11) is 0. The molecule has 2 aromatic rings. The molecule has 0 atom stereocenters. The lowest BCUT2D eigenvalue weighted by Gasteiger charge is -2.10. The van der Waals surface area contributed by atoms with Gasteiger partial charge in [-0.2, -0.15) is 0 Å². The second kappa shape index (κ2) is 11.1. The molecule has 0 aliphatic heterocycles. The Kier molecular flexibility index (Phi) is 8.48. The number of para-hydroxylation sites is 1. The van der Waals surface area contributed by atoms with Crippen LogP contribution in [0.5, 0.6) is 5.75 Å². The number of hydrazine groups is 1. The van der Waals surface area contributed by atoms with E-state index in [0.717, 1.165) is 0 Å². The normalized spacial score (nSPS) is 10.3. The highest BCUT2D eigenvalue weighted by atomic mass is 35.5. The zero-order valence-corrected chi connectivity index (χ0v) is 17.1. The Hall–Kier alpha value is -3.06. The lowest BCUT2D eigenvalue weighted by molar-refractivity contribution is -0.124. The van der Waals surface area contributed by atoms with Gasteiger partial charge in [0.15, 0.2) is 0 Å². The molecule has 2 rings (SSSR count). The summed E-state index contributed by atoms with van der Waals surface area (Å²) in [6.45, 7) is 4.68. The van der Waals surface area contributed by atoms with Crippen molar-refractivity contribution in [2.24, 2.45) is 5.92 Å². The minimum Gasteiger partial charge on any atom is -0.493 e. The van der Waals surface area contributed by atoms with Crippen LogP contribution in [0.1, 0.15) is 37.0 Å². The number of ether oxygens (including phenoxy) is 1. The van der Waals surface area contributed by atoms with Crippen LogP contribution in [-0.4, -0.2) is 24.3 Å². The molecule has 154 valence electrons. The summed E-state index contributed by atoms with van der Waals surface area (Å²) in [5, 5.41) is 3.04. The van der Waals surface area contributed by atoms with Gasteiger partial charge in [-0.3, -0.25) is 25.2 Å². The zero-order valence-electron chi connectivity index (χ0n) is 16.3. The van der Waals surface area contributed by atoms with E-state index in [9.17, 15) is 14.4 Å². The lowest BCUT2D eigenvalue weighted by atomic mass is 10.2. The van der Waals surface area contributed by atoms with Gasteiger partial charge >= 0.3 is 0 Å². The van der Waals surface area contributed by atoms with Crippen molar-refractivity contribution in [1.29, 1.82) is 0 Å². The van der Waals surface area contributed by atoms with E-state index in [2.05, 4.69) is 16.2 Å². The van der Waals surface area contributed by atoms with Crippen molar-refractivity contribution >= 4 is 35.0 Å². The van der Waals surface area contributed by atoms with Gasteiger partial charge < -0.3 is 10.1 Å². The molecule has 0 unspecified atom stereocenters. The first kappa shape index (κ1) is 22.2. The van der Waals surface area contributed by atoms with Gasteiger partial charge in [0.1, 0.15) is 5.75 Å². The van der Waals surface area contributed by atoms with Gasteiger partial charge in [0.2, 0.25) is 11.8 Å².